The van der Waals surface area contributed by atoms with E-state index in [-0.39, 0.29) is 5.91 Å². The van der Waals surface area contributed by atoms with Crippen LogP contribution in [0.5, 0.6) is 0 Å². The minimum absolute atomic E-state index is 0.194. The molecule has 1 heterocycles. The van der Waals surface area contributed by atoms with Crippen molar-refractivity contribution >= 4 is 5.91 Å². The van der Waals surface area contributed by atoms with Gasteiger partial charge in [0.1, 0.15) is 0 Å². The van der Waals surface area contributed by atoms with E-state index in [1.807, 2.05) is 0 Å². The van der Waals surface area contributed by atoms with Crippen molar-refractivity contribution in [2.24, 2.45) is 5.92 Å². The summed E-state index contributed by atoms with van der Waals surface area (Å²) in [5.74, 6) is 0.875. The van der Waals surface area contributed by atoms with Crippen molar-refractivity contribution in [2.45, 2.75) is 71.9 Å². The second-order valence-corrected chi connectivity index (χ2v) is 6.75. The number of hydrogen-bond acceptors (Lipinski definition) is 3. The fourth-order valence-electron chi connectivity index (χ4n) is 2.99. The zero-order valence-corrected chi connectivity index (χ0v) is 14.5. The first-order chi connectivity index (χ1) is 10.1. The van der Waals surface area contributed by atoms with Gasteiger partial charge < -0.3 is 10.6 Å². The van der Waals surface area contributed by atoms with Gasteiger partial charge in [-0.2, -0.15) is 0 Å². The minimum Gasteiger partial charge on any atom is -0.352 e. The van der Waals surface area contributed by atoms with Crippen molar-refractivity contribution in [2.75, 3.05) is 26.2 Å². The maximum atomic E-state index is 12.2. The second kappa shape index (κ2) is 10.2. The summed E-state index contributed by atoms with van der Waals surface area (Å²) in [5.41, 5.74) is 0. The first-order valence-electron chi connectivity index (χ1n) is 8.80. The lowest BCUT2D eigenvalue weighted by Crippen LogP contribution is -2.50. The topological polar surface area (TPSA) is 44.4 Å². The van der Waals surface area contributed by atoms with Gasteiger partial charge in [-0.3, -0.25) is 9.69 Å². The van der Waals surface area contributed by atoms with E-state index in [0.29, 0.717) is 24.5 Å². The first-order valence-corrected chi connectivity index (χ1v) is 8.80. The highest BCUT2D eigenvalue weighted by atomic mass is 16.2. The van der Waals surface area contributed by atoms with Crippen LogP contribution in [0.1, 0.15) is 59.8 Å². The Morgan fingerprint density at radius 2 is 1.95 bits per heavy atom. The zero-order chi connectivity index (χ0) is 15.7. The molecular weight excluding hydrogens is 262 g/mol. The Morgan fingerprint density at radius 1 is 1.24 bits per heavy atom. The molecule has 1 unspecified atom stereocenters. The van der Waals surface area contributed by atoms with Crippen LogP contribution < -0.4 is 10.6 Å². The molecule has 0 radical (unpaired) electrons. The lowest BCUT2D eigenvalue weighted by molar-refractivity contribution is -0.123. The molecule has 21 heavy (non-hydrogen) atoms. The molecule has 0 spiro atoms. The zero-order valence-electron chi connectivity index (χ0n) is 14.5. The molecule has 0 aromatic rings. The molecule has 1 fully saturated rings. The van der Waals surface area contributed by atoms with Gasteiger partial charge in [0.05, 0.1) is 6.54 Å². The lowest BCUT2D eigenvalue weighted by atomic mass is 10.0. The summed E-state index contributed by atoms with van der Waals surface area (Å²) in [6, 6.07) is 0.852. The quantitative estimate of drug-likeness (QED) is 0.687. The Morgan fingerprint density at radius 3 is 2.57 bits per heavy atom. The third kappa shape index (κ3) is 7.28. The smallest absolute Gasteiger partial charge is 0.234 e. The Balaban J connectivity index is 2.39. The van der Waals surface area contributed by atoms with Crippen molar-refractivity contribution in [1.29, 1.82) is 0 Å². The number of nitrogens with zero attached hydrogens (tertiary/aromatic N) is 1. The van der Waals surface area contributed by atoms with Crippen molar-refractivity contribution in [3.05, 3.63) is 0 Å². The van der Waals surface area contributed by atoms with E-state index in [4.69, 9.17) is 0 Å². The molecule has 1 atom stereocenters. The summed E-state index contributed by atoms with van der Waals surface area (Å²) < 4.78 is 0. The molecule has 1 saturated heterocycles. The van der Waals surface area contributed by atoms with E-state index < -0.39 is 0 Å². The van der Waals surface area contributed by atoms with Crippen LogP contribution in [0.25, 0.3) is 0 Å². The normalized spacial score (nSPS) is 20.2. The highest BCUT2D eigenvalue weighted by molar-refractivity contribution is 5.78. The Labute approximate surface area is 131 Å². The van der Waals surface area contributed by atoms with E-state index in [2.05, 4.69) is 43.2 Å². The maximum Gasteiger partial charge on any atom is 0.234 e. The average molecular weight is 297 g/mol. The third-order valence-corrected chi connectivity index (χ3v) is 4.38. The van der Waals surface area contributed by atoms with E-state index in [9.17, 15) is 4.79 Å². The van der Waals surface area contributed by atoms with Gasteiger partial charge in [0.25, 0.3) is 0 Å². The molecule has 2 N–H and O–H groups in total. The van der Waals surface area contributed by atoms with Crippen molar-refractivity contribution in [3.63, 3.8) is 0 Å². The van der Waals surface area contributed by atoms with Crippen LogP contribution >= 0.6 is 0 Å². The van der Waals surface area contributed by atoms with E-state index in [1.165, 1.54) is 19.3 Å². The number of amides is 1. The summed E-state index contributed by atoms with van der Waals surface area (Å²) in [6.45, 7) is 12.4. The van der Waals surface area contributed by atoms with Crippen molar-refractivity contribution in [3.8, 4) is 0 Å². The van der Waals surface area contributed by atoms with Crippen LogP contribution in [0.3, 0.4) is 0 Å². The van der Waals surface area contributed by atoms with Crippen LogP contribution in [-0.2, 0) is 4.79 Å². The Bertz CT molecular complexity index is 290. The maximum absolute atomic E-state index is 12.2. The highest BCUT2D eigenvalue weighted by Crippen LogP contribution is 2.16. The standard InChI is InChI=1S/C17H35N3O/c1-5-15(6-2)19-17(21)13-20-10-8-7-9-16(20)12-18-11-14(3)4/h14-16,18H,5-13H2,1-4H3,(H,19,21). The molecular formula is C17H35N3O. The van der Waals surface area contributed by atoms with Crippen LogP contribution in [0.2, 0.25) is 0 Å². The lowest BCUT2D eigenvalue weighted by Gasteiger charge is -2.35. The number of carbonyl (C=O) groups is 1. The number of likely N-dealkylation sites (tertiary alicyclic amines) is 1. The number of carbonyl (C=O) groups excluding carboxylic acids is 1. The number of rotatable bonds is 9. The summed E-state index contributed by atoms with van der Waals surface area (Å²) >= 11 is 0. The van der Waals surface area contributed by atoms with Crippen molar-refractivity contribution < 1.29 is 4.79 Å². The molecule has 4 heteroatoms. The van der Waals surface area contributed by atoms with Gasteiger partial charge in [0.15, 0.2) is 0 Å². The van der Waals surface area contributed by atoms with Gasteiger partial charge in [-0.25, -0.2) is 0 Å². The van der Waals surface area contributed by atoms with Gasteiger partial charge in [-0.1, -0.05) is 34.1 Å². The van der Waals surface area contributed by atoms with Crippen LogP contribution in [0.15, 0.2) is 0 Å². The molecule has 1 aliphatic rings. The Kier molecular flexibility index (Phi) is 8.93. The molecule has 4 nitrogen and oxygen atoms in total. The predicted molar refractivity (Wildman–Crippen MR) is 89.4 cm³/mol. The summed E-state index contributed by atoms with van der Waals surface area (Å²) in [5, 5.41) is 6.71. The summed E-state index contributed by atoms with van der Waals surface area (Å²) in [6.07, 6.45) is 5.75. The number of hydrogen-bond donors (Lipinski definition) is 2. The fourth-order valence-corrected chi connectivity index (χ4v) is 2.99. The third-order valence-electron chi connectivity index (χ3n) is 4.38. The molecule has 124 valence electrons. The second-order valence-electron chi connectivity index (χ2n) is 6.75. The van der Waals surface area contributed by atoms with E-state index in [0.717, 1.165) is 32.5 Å². The molecule has 1 aliphatic heterocycles. The number of nitrogens with one attached hydrogen (secondary N) is 2. The van der Waals surface area contributed by atoms with Crippen molar-refractivity contribution in [1.82, 2.24) is 15.5 Å². The molecule has 0 aromatic heterocycles. The molecule has 0 bridgehead atoms. The monoisotopic (exact) mass is 297 g/mol. The Hall–Kier alpha value is -0.610. The van der Waals surface area contributed by atoms with Crippen LogP contribution in [0, 0.1) is 5.92 Å². The van der Waals surface area contributed by atoms with Crippen LogP contribution in [0.4, 0.5) is 0 Å². The number of piperidine rings is 1. The van der Waals surface area contributed by atoms with Gasteiger partial charge in [0, 0.05) is 18.6 Å². The van der Waals surface area contributed by atoms with Gasteiger partial charge in [0.2, 0.25) is 5.91 Å². The van der Waals surface area contributed by atoms with E-state index >= 15 is 0 Å². The molecule has 1 amide bonds. The molecule has 0 aliphatic carbocycles. The molecule has 0 aromatic carbocycles. The van der Waals surface area contributed by atoms with E-state index in [1.54, 1.807) is 0 Å². The predicted octanol–water partition coefficient (Wildman–Crippen LogP) is 2.39. The fraction of sp³-hybridized carbons (Fsp3) is 0.941. The molecule has 1 rings (SSSR count). The average Bonchev–Trinajstić information content (AvgIpc) is 2.46. The SMILES string of the molecule is CCC(CC)NC(=O)CN1CCCCC1CNCC(C)C. The summed E-state index contributed by atoms with van der Waals surface area (Å²) in [7, 11) is 0. The van der Waals surface area contributed by atoms with Crippen LogP contribution in [-0.4, -0.2) is 49.1 Å². The van der Waals surface area contributed by atoms with Gasteiger partial charge in [-0.05, 0) is 44.7 Å². The minimum atomic E-state index is 0.194. The summed E-state index contributed by atoms with van der Waals surface area (Å²) in [4.78, 5) is 14.6. The first kappa shape index (κ1) is 18.4. The molecule has 0 saturated carbocycles. The highest BCUT2D eigenvalue weighted by Gasteiger charge is 2.24. The van der Waals surface area contributed by atoms with Gasteiger partial charge in [-0.15, -0.1) is 0 Å². The van der Waals surface area contributed by atoms with Gasteiger partial charge >= 0.3 is 0 Å². The largest absolute Gasteiger partial charge is 0.352 e.